The highest BCUT2D eigenvalue weighted by molar-refractivity contribution is 5.73. The van der Waals surface area contributed by atoms with E-state index >= 15 is 0 Å². The summed E-state index contributed by atoms with van der Waals surface area (Å²) in [4.78, 5) is 22.7. The second-order valence-electron chi connectivity index (χ2n) is 2.61. The summed E-state index contributed by atoms with van der Waals surface area (Å²) < 4.78 is 4.55. The SMILES string of the molecule is COC(=O)C1CCN(C=O)C1. The summed E-state index contributed by atoms with van der Waals surface area (Å²) >= 11 is 0. The van der Waals surface area contributed by atoms with Gasteiger partial charge in [0, 0.05) is 13.1 Å². The number of rotatable bonds is 2. The molecule has 1 aliphatic rings. The van der Waals surface area contributed by atoms with Crippen LogP contribution in [-0.4, -0.2) is 37.5 Å². The lowest BCUT2D eigenvalue weighted by Crippen LogP contribution is -2.22. The van der Waals surface area contributed by atoms with Gasteiger partial charge in [0.1, 0.15) is 0 Å². The van der Waals surface area contributed by atoms with Gasteiger partial charge in [-0.05, 0) is 6.42 Å². The number of methoxy groups -OCH3 is 1. The molecule has 0 aromatic heterocycles. The van der Waals surface area contributed by atoms with Crippen molar-refractivity contribution in [2.75, 3.05) is 20.2 Å². The fraction of sp³-hybridized carbons (Fsp3) is 0.714. The van der Waals surface area contributed by atoms with Gasteiger partial charge in [0.2, 0.25) is 6.41 Å². The van der Waals surface area contributed by atoms with Crippen LogP contribution in [0.1, 0.15) is 6.42 Å². The maximum atomic E-state index is 10.9. The number of amides is 1. The highest BCUT2D eigenvalue weighted by Gasteiger charge is 2.27. The molecule has 4 heteroatoms. The van der Waals surface area contributed by atoms with E-state index in [1.807, 2.05) is 0 Å². The van der Waals surface area contributed by atoms with Gasteiger partial charge in [0.25, 0.3) is 0 Å². The van der Waals surface area contributed by atoms with Crippen LogP contribution in [0.2, 0.25) is 0 Å². The second kappa shape index (κ2) is 3.37. The molecule has 0 radical (unpaired) electrons. The molecule has 1 rings (SSSR count). The lowest BCUT2D eigenvalue weighted by molar-refractivity contribution is -0.144. The highest BCUT2D eigenvalue weighted by atomic mass is 16.5. The summed E-state index contributed by atoms with van der Waals surface area (Å²) in [5.74, 6) is -0.320. The Morgan fingerprint density at radius 2 is 2.45 bits per heavy atom. The van der Waals surface area contributed by atoms with Crippen LogP contribution < -0.4 is 0 Å². The number of esters is 1. The van der Waals surface area contributed by atoms with Crippen LogP contribution >= 0.6 is 0 Å². The van der Waals surface area contributed by atoms with E-state index in [1.165, 1.54) is 7.11 Å². The van der Waals surface area contributed by atoms with Gasteiger partial charge in [-0.25, -0.2) is 0 Å². The van der Waals surface area contributed by atoms with Crippen molar-refractivity contribution in [3.8, 4) is 0 Å². The maximum absolute atomic E-state index is 10.9. The molecule has 1 aliphatic heterocycles. The van der Waals surface area contributed by atoms with Gasteiger partial charge in [-0.15, -0.1) is 0 Å². The van der Waals surface area contributed by atoms with E-state index in [0.717, 1.165) is 12.8 Å². The number of ether oxygens (including phenoxy) is 1. The zero-order chi connectivity index (χ0) is 8.27. The van der Waals surface area contributed by atoms with Crippen molar-refractivity contribution < 1.29 is 14.3 Å². The molecule has 0 bridgehead atoms. The van der Waals surface area contributed by atoms with Crippen molar-refractivity contribution >= 4 is 12.4 Å². The fourth-order valence-corrected chi connectivity index (χ4v) is 1.24. The molecule has 0 saturated carbocycles. The molecule has 0 aromatic rings. The quantitative estimate of drug-likeness (QED) is 0.406. The van der Waals surface area contributed by atoms with Gasteiger partial charge < -0.3 is 9.64 Å². The lowest BCUT2D eigenvalue weighted by Gasteiger charge is -2.07. The van der Waals surface area contributed by atoms with Crippen molar-refractivity contribution in [2.45, 2.75) is 6.42 Å². The first-order valence-corrected chi connectivity index (χ1v) is 3.55. The minimum absolute atomic E-state index is 0.106. The van der Waals surface area contributed by atoms with Crippen LogP contribution in [-0.2, 0) is 14.3 Å². The van der Waals surface area contributed by atoms with E-state index in [4.69, 9.17) is 0 Å². The van der Waals surface area contributed by atoms with Gasteiger partial charge in [0.15, 0.2) is 0 Å². The molecule has 0 aromatic carbocycles. The molecule has 0 aliphatic carbocycles. The molecular formula is C7H11NO3. The Kier molecular flexibility index (Phi) is 2.46. The average Bonchev–Trinajstić information content (AvgIpc) is 2.50. The molecule has 62 valence electrons. The molecule has 1 unspecified atom stereocenters. The Bertz CT molecular complexity index is 169. The van der Waals surface area contributed by atoms with Gasteiger partial charge in [-0.2, -0.15) is 0 Å². The predicted molar refractivity (Wildman–Crippen MR) is 37.8 cm³/mol. The number of hydrogen-bond donors (Lipinski definition) is 0. The Labute approximate surface area is 65.1 Å². The van der Waals surface area contributed by atoms with Crippen LogP contribution in [0, 0.1) is 5.92 Å². The van der Waals surface area contributed by atoms with Crippen LogP contribution in [0.4, 0.5) is 0 Å². The predicted octanol–water partition coefficient (Wildman–Crippen LogP) is -0.362. The average molecular weight is 157 g/mol. The molecule has 11 heavy (non-hydrogen) atoms. The van der Waals surface area contributed by atoms with E-state index in [-0.39, 0.29) is 11.9 Å². The van der Waals surface area contributed by atoms with E-state index in [9.17, 15) is 9.59 Å². The monoisotopic (exact) mass is 157 g/mol. The van der Waals surface area contributed by atoms with Crippen LogP contribution in [0.5, 0.6) is 0 Å². The zero-order valence-electron chi connectivity index (χ0n) is 6.45. The summed E-state index contributed by atoms with van der Waals surface area (Å²) in [5.41, 5.74) is 0. The van der Waals surface area contributed by atoms with Crippen molar-refractivity contribution in [3.05, 3.63) is 0 Å². The van der Waals surface area contributed by atoms with Crippen LogP contribution in [0.25, 0.3) is 0 Å². The summed E-state index contributed by atoms with van der Waals surface area (Å²) in [6.45, 7) is 1.18. The Balaban J connectivity index is 2.41. The summed E-state index contributed by atoms with van der Waals surface area (Å²) in [5, 5.41) is 0. The van der Waals surface area contributed by atoms with Crippen LogP contribution in [0.3, 0.4) is 0 Å². The number of hydrogen-bond acceptors (Lipinski definition) is 3. The lowest BCUT2D eigenvalue weighted by atomic mass is 10.1. The Hall–Kier alpha value is -1.06. The fourth-order valence-electron chi connectivity index (χ4n) is 1.24. The Morgan fingerprint density at radius 1 is 1.73 bits per heavy atom. The van der Waals surface area contributed by atoms with E-state index in [0.29, 0.717) is 13.1 Å². The molecule has 0 N–H and O–H groups in total. The third kappa shape index (κ3) is 1.69. The number of carbonyl (C=O) groups excluding carboxylic acids is 2. The normalized spacial score (nSPS) is 23.4. The smallest absolute Gasteiger partial charge is 0.310 e. The first kappa shape index (κ1) is 8.04. The highest BCUT2D eigenvalue weighted by Crippen LogP contribution is 2.15. The Morgan fingerprint density at radius 3 is 2.91 bits per heavy atom. The maximum Gasteiger partial charge on any atom is 0.310 e. The first-order valence-electron chi connectivity index (χ1n) is 3.55. The van der Waals surface area contributed by atoms with Crippen molar-refractivity contribution in [1.29, 1.82) is 0 Å². The molecular weight excluding hydrogens is 146 g/mol. The summed E-state index contributed by atoms with van der Waals surface area (Å²) in [6.07, 6.45) is 1.49. The third-order valence-corrected chi connectivity index (χ3v) is 1.90. The standard InChI is InChI=1S/C7H11NO3/c1-11-7(10)6-2-3-8(4-6)5-9/h5-6H,2-4H2,1H3. The van der Waals surface area contributed by atoms with Gasteiger partial charge in [0.05, 0.1) is 13.0 Å². The van der Waals surface area contributed by atoms with E-state index < -0.39 is 0 Å². The molecule has 1 fully saturated rings. The minimum atomic E-state index is -0.214. The molecule has 1 heterocycles. The molecule has 1 atom stereocenters. The van der Waals surface area contributed by atoms with E-state index in [1.54, 1.807) is 4.90 Å². The van der Waals surface area contributed by atoms with Gasteiger partial charge in [-0.3, -0.25) is 9.59 Å². The molecule has 0 spiro atoms. The number of likely N-dealkylation sites (tertiary alicyclic amines) is 1. The van der Waals surface area contributed by atoms with Crippen LogP contribution in [0.15, 0.2) is 0 Å². The third-order valence-electron chi connectivity index (χ3n) is 1.90. The molecule has 4 nitrogen and oxygen atoms in total. The summed E-state index contributed by atoms with van der Waals surface area (Å²) in [7, 11) is 1.37. The van der Waals surface area contributed by atoms with Gasteiger partial charge >= 0.3 is 5.97 Å². The minimum Gasteiger partial charge on any atom is -0.469 e. The largest absolute Gasteiger partial charge is 0.469 e. The van der Waals surface area contributed by atoms with Crippen molar-refractivity contribution in [3.63, 3.8) is 0 Å². The molecule has 1 saturated heterocycles. The number of carbonyl (C=O) groups is 2. The van der Waals surface area contributed by atoms with E-state index in [2.05, 4.69) is 4.74 Å². The summed E-state index contributed by atoms with van der Waals surface area (Å²) in [6, 6.07) is 0. The topological polar surface area (TPSA) is 46.6 Å². The molecule has 1 amide bonds. The second-order valence-corrected chi connectivity index (χ2v) is 2.61. The zero-order valence-corrected chi connectivity index (χ0v) is 6.45. The van der Waals surface area contributed by atoms with Crippen molar-refractivity contribution in [1.82, 2.24) is 4.90 Å². The van der Waals surface area contributed by atoms with Crippen molar-refractivity contribution in [2.24, 2.45) is 5.92 Å². The number of nitrogens with zero attached hydrogens (tertiary/aromatic N) is 1. The van der Waals surface area contributed by atoms with Gasteiger partial charge in [-0.1, -0.05) is 0 Å². The first-order chi connectivity index (χ1) is 5.27.